The van der Waals surface area contributed by atoms with E-state index in [9.17, 15) is 10.2 Å². The minimum atomic E-state index is -0.808. The predicted molar refractivity (Wildman–Crippen MR) is 121 cm³/mol. The summed E-state index contributed by atoms with van der Waals surface area (Å²) in [6, 6.07) is 20.7. The van der Waals surface area contributed by atoms with E-state index in [1.807, 2.05) is 12.1 Å². The van der Waals surface area contributed by atoms with Gasteiger partial charge in [0.1, 0.15) is 0 Å². The summed E-state index contributed by atoms with van der Waals surface area (Å²) in [6.07, 6.45) is 12.2. The van der Waals surface area contributed by atoms with Gasteiger partial charge >= 0.3 is 0 Å². The second-order valence-electron chi connectivity index (χ2n) is 8.79. The van der Waals surface area contributed by atoms with Crippen LogP contribution in [0.25, 0.3) is 0 Å². The maximum atomic E-state index is 11.6. The van der Waals surface area contributed by atoms with Gasteiger partial charge in [-0.2, -0.15) is 0 Å². The van der Waals surface area contributed by atoms with Crippen LogP contribution < -0.4 is 0 Å². The Morgan fingerprint density at radius 2 is 0.966 bits per heavy atom. The molecule has 2 atom stereocenters. The molecule has 0 heterocycles. The van der Waals surface area contributed by atoms with Crippen molar-refractivity contribution in [2.24, 2.45) is 0 Å². The van der Waals surface area contributed by atoms with Crippen molar-refractivity contribution in [3.05, 3.63) is 71.8 Å². The fourth-order valence-electron chi connectivity index (χ4n) is 5.07. The van der Waals surface area contributed by atoms with E-state index in [0.717, 1.165) is 36.8 Å². The van der Waals surface area contributed by atoms with Gasteiger partial charge in [-0.3, -0.25) is 0 Å². The van der Waals surface area contributed by atoms with E-state index >= 15 is 0 Å². The third-order valence-corrected chi connectivity index (χ3v) is 6.77. The standard InChI is InChI=1S/C27H38O2/c28-25-21-15-7-5-3-1-2-4-6-8-16-22-27(26(25)29,23-17-11-9-12-18-23)24-19-13-10-14-20-24/h9-14,17-20,25-26,28-29H,1-8,15-16,21-22H2. The molecule has 2 nitrogen and oxygen atoms in total. The second-order valence-corrected chi connectivity index (χ2v) is 8.79. The lowest BCUT2D eigenvalue weighted by Crippen LogP contribution is -2.47. The number of benzene rings is 2. The first kappa shape index (κ1) is 22.1. The van der Waals surface area contributed by atoms with Crippen molar-refractivity contribution >= 4 is 0 Å². The lowest BCUT2D eigenvalue weighted by molar-refractivity contribution is -0.0285. The molecule has 0 spiro atoms. The topological polar surface area (TPSA) is 40.5 Å². The summed E-state index contributed by atoms with van der Waals surface area (Å²) in [5, 5.41) is 22.7. The van der Waals surface area contributed by atoms with Gasteiger partial charge < -0.3 is 10.2 Å². The van der Waals surface area contributed by atoms with E-state index < -0.39 is 17.6 Å². The molecule has 2 heteroatoms. The Morgan fingerprint density at radius 3 is 1.45 bits per heavy atom. The van der Waals surface area contributed by atoms with Gasteiger partial charge in [0.05, 0.1) is 12.2 Å². The zero-order valence-corrected chi connectivity index (χ0v) is 17.8. The third-order valence-electron chi connectivity index (χ3n) is 6.77. The number of hydrogen-bond acceptors (Lipinski definition) is 2. The molecular weight excluding hydrogens is 356 g/mol. The lowest BCUT2D eigenvalue weighted by Gasteiger charge is -2.42. The van der Waals surface area contributed by atoms with Gasteiger partial charge in [-0.15, -0.1) is 0 Å². The molecule has 158 valence electrons. The molecule has 0 radical (unpaired) electrons. The van der Waals surface area contributed by atoms with Gasteiger partial charge in [0.2, 0.25) is 0 Å². The van der Waals surface area contributed by atoms with Gasteiger partial charge in [0.25, 0.3) is 0 Å². The van der Waals surface area contributed by atoms with Crippen LogP contribution >= 0.6 is 0 Å². The maximum absolute atomic E-state index is 11.6. The van der Waals surface area contributed by atoms with Crippen LogP contribution in [-0.2, 0) is 5.41 Å². The Labute approximate surface area is 177 Å². The van der Waals surface area contributed by atoms with Crippen LogP contribution in [0.3, 0.4) is 0 Å². The zero-order chi connectivity index (χ0) is 20.4. The summed E-state index contributed by atoms with van der Waals surface area (Å²) >= 11 is 0. The van der Waals surface area contributed by atoms with E-state index in [0.29, 0.717) is 6.42 Å². The largest absolute Gasteiger partial charge is 0.390 e. The lowest BCUT2D eigenvalue weighted by atomic mass is 9.65. The smallest absolute Gasteiger partial charge is 0.0935 e. The highest BCUT2D eigenvalue weighted by molar-refractivity contribution is 5.41. The van der Waals surface area contributed by atoms with E-state index in [-0.39, 0.29) is 0 Å². The summed E-state index contributed by atoms with van der Waals surface area (Å²) in [7, 11) is 0. The van der Waals surface area contributed by atoms with Crippen molar-refractivity contribution in [1.82, 2.24) is 0 Å². The van der Waals surface area contributed by atoms with Crippen molar-refractivity contribution in [1.29, 1.82) is 0 Å². The first-order valence-electron chi connectivity index (χ1n) is 11.7. The highest BCUT2D eigenvalue weighted by atomic mass is 16.3. The van der Waals surface area contributed by atoms with Crippen molar-refractivity contribution in [3.8, 4) is 0 Å². The van der Waals surface area contributed by atoms with Gasteiger partial charge in [0.15, 0.2) is 0 Å². The quantitative estimate of drug-likeness (QED) is 0.619. The third kappa shape index (κ3) is 5.71. The average molecular weight is 395 g/mol. The Balaban J connectivity index is 1.97. The molecule has 2 aromatic rings. The van der Waals surface area contributed by atoms with E-state index in [1.165, 1.54) is 44.9 Å². The summed E-state index contributed by atoms with van der Waals surface area (Å²) in [4.78, 5) is 0. The fraction of sp³-hybridized carbons (Fsp3) is 0.556. The summed E-state index contributed by atoms with van der Waals surface area (Å²) in [5.74, 6) is 0. The normalized spacial score (nSPS) is 24.9. The van der Waals surface area contributed by atoms with Crippen LogP contribution in [0.15, 0.2) is 60.7 Å². The Bertz CT molecular complexity index is 643. The fourth-order valence-corrected chi connectivity index (χ4v) is 5.07. The number of aliphatic hydroxyl groups excluding tert-OH is 2. The summed E-state index contributed by atoms with van der Waals surface area (Å²) in [6.45, 7) is 0. The SMILES string of the molecule is OC1CCCCCCCCCCCCC(c2ccccc2)(c2ccccc2)C1O. The first-order chi connectivity index (χ1) is 14.2. The van der Waals surface area contributed by atoms with Gasteiger partial charge in [-0.05, 0) is 24.0 Å². The van der Waals surface area contributed by atoms with Crippen LogP contribution in [0.4, 0.5) is 0 Å². The molecule has 0 bridgehead atoms. The number of rotatable bonds is 2. The molecule has 29 heavy (non-hydrogen) atoms. The molecule has 1 aliphatic carbocycles. The van der Waals surface area contributed by atoms with Crippen LogP contribution in [0.2, 0.25) is 0 Å². The van der Waals surface area contributed by atoms with Crippen LogP contribution in [0.1, 0.15) is 88.2 Å². The minimum absolute atomic E-state index is 0.567. The average Bonchev–Trinajstić information content (AvgIpc) is 2.78. The van der Waals surface area contributed by atoms with E-state index in [4.69, 9.17) is 0 Å². The monoisotopic (exact) mass is 394 g/mol. The molecule has 3 rings (SSSR count). The van der Waals surface area contributed by atoms with Crippen molar-refractivity contribution < 1.29 is 10.2 Å². The van der Waals surface area contributed by atoms with Crippen LogP contribution in [0, 0.1) is 0 Å². The van der Waals surface area contributed by atoms with Gasteiger partial charge in [0, 0.05) is 5.41 Å². The van der Waals surface area contributed by atoms with Crippen LogP contribution in [-0.4, -0.2) is 22.4 Å². The molecule has 1 aliphatic rings. The molecule has 0 aliphatic heterocycles. The maximum Gasteiger partial charge on any atom is 0.0935 e. The number of aliphatic hydroxyl groups is 2. The predicted octanol–water partition coefficient (Wildman–Crippen LogP) is 6.39. The molecular formula is C27H38O2. The van der Waals surface area contributed by atoms with Crippen molar-refractivity contribution in [2.75, 3.05) is 0 Å². The van der Waals surface area contributed by atoms with Crippen molar-refractivity contribution in [2.45, 2.75) is 94.7 Å². The molecule has 0 amide bonds. The molecule has 0 saturated heterocycles. The molecule has 2 aromatic carbocycles. The van der Waals surface area contributed by atoms with Crippen molar-refractivity contribution in [3.63, 3.8) is 0 Å². The Hall–Kier alpha value is -1.64. The van der Waals surface area contributed by atoms with Gasteiger partial charge in [-0.25, -0.2) is 0 Å². The van der Waals surface area contributed by atoms with Gasteiger partial charge in [-0.1, -0.05) is 125 Å². The molecule has 2 unspecified atom stereocenters. The highest BCUT2D eigenvalue weighted by Gasteiger charge is 2.43. The zero-order valence-electron chi connectivity index (χ0n) is 17.8. The van der Waals surface area contributed by atoms with E-state index in [2.05, 4.69) is 48.5 Å². The second kappa shape index (κ2) is 11.5. The Morgan fingerprint density at radius 1 is 0.552 bits per heavy atom. The highest BCUT2D eigenvalue weighted by Crippen LogP contribution is 2.42. The Kier molecular flexibility index (Phi) is 8.76. The molecule has 2 N–H and O–H groups in total. The van der Waals surface area contributed by atoms with E-state index in [1.54, 1.807) is 0 Å². The summed E-state index contributed by atoms with van der Waals surface area (Å²) < 4.78 is 0. The molecule has 0 aromatic heterocycles. The first-order valence-corrected chi connectivity index (χ1v) is 11.7. The molecule has 1 fully saturated rings. The number of hydrogen-bond donors (Lipinski definition) is 2. The summed E-state index contributed by atoms with van der Waals surface area (Å²) in [5.41, 5.74) is 1.66. The van der Waals surface area contributed by atoms with Crippen LogP contribution in [0.5, 0.6) is 0 Å². The molecule has 1 saturated carbocycles. The minimum Gasteiger partial charge on any atom is -0.390 e.